The van der Waals surface area contributed by atoms with Crippen LogP contribution in [0, 0.1) is 0 Å². The van der Waals surface area contributed by atoms with Crippen LogP contribution >= 0.6 is 0 Å². The first-order chi connectivity index (χ1) is 9.02. The molecule has 0 amide bonds. The van der Waals surface area contributed by atoms with Gasteiger partial charge in [-0.15, -0.1) is 0 Å². The minimum Gasteiger partial charge on any atom is -0.379 e. The fourth-order valence-electron chi connectivity index (χ4n) is 2.73. The molecule has 4 heteroatoms. The van der Waals surface area contributed by atoms with Crippen molar-refractivity contribution < 1.29 is 9.47 Å². The first-order valence-electron chi connectivity index (χ1n) is 7.63. The third-order valence-corrected chi connectivity index (χ3v) is 4.04. The van der Waals surface area contributed by atoms with E-state index in [0.29, 0.717) is 18.7 Å². The van der Waals surface area contributed by atoms with E-state index in [1.54, 1.807) is 7.11 Å². The van der Waals surface area contributed by atoms with Crippen LogP contribution in [-0.2, 0) is 9.47 Å². The molecule has 1 rings (SSSR count). The van der Waals surface area contributed by atoms with E-state index >= 15 is 0 Å². The number of methoxy groups -OCH3 is 1. The first kappa shape index (κ1) is 16.9. The summed E-state index contributed by atoms with van der Waals surface area (Å²) in [5.74, 6) is 0. The normalized spacial score (nSPS) is 23.5. The Morgan fingerprint density at radius 3 is 2.74 bits per heavy atom. The number of likely N-dealkylation sites (tertiary alicyclic amines) is 1. The van der Waals surface area contributed by atoms with Gasteiger partial charge in [0.1, 0.15) is 0 Å². The predicted molar refractivity (Wildman–Crippen MR) is 79.4 cm³/mol. The smallest absolute Gasteiger partial charge is 0.0702 e. The molecule has 4 nitrogen and oxygen atoms in total. The molecule has 2 N–H and O–H groups in total. The second-order valence-electron chi connectivity index (χ2n) is 6.19. The molecule has 0 spiro atoms. The van der Waals surface area contributed by atoms with Gasteiger partial charge in [-0.1, -0.05) is 6.92 Å². The zero-order valence-corrected chi connectivity index (χ0v) is 13.2. The molecule has 0 aliphatic carbocycles. The van der Waals surface area contributed by atoms with E-state index in [2.05, 4.69) is 25.7 Å². The Hall–Kier alpha value is -0.160. The van der Waals surface area contributed by atoms with Crippen LogP contribution < -0.4 is 5.73 Å². The fourth-order valence-corrected chi connectivity index (χ4v) is 2.73. The minimum absolute atomic E-state index is 0.110. The Bertz CT molecular complexity index is 246. The summed E-state index contributed by atoms with van der Waals surface area (Å²) in [4.78, 5) is 2.49. The first-order valence-corrected chi connectivity index (χ1v) is 7.63. The highest BCUT2D eigenvalue weighted by Crippen LogP contribution is 2.22. The van der Waals surface area contributed by atoms with Crippen LogP contribution in [-0.4, -0.2) is 56.0 Å². The standard InChI is InChI=1S/C15H32N2O2/c1-5-9-19-14-7-6-8-17(12-14)13(11-16)10-15(2,3)18-4/h13-14H,5-12,16H2,1-4H3. The minimum atomic E-state index is -0.110. The average Bonchev–Trinajstić information content (AvgIpc) is 2.43. The van der Waals surface area contributed by atoms with Crippen molar-refractivity contribution in [1.82, 2.24) is 4.90 Å². The van der Waals surface area contributed by atoms with Crippen molar-refractivity contribution in [3.05, 3.63) is 0 Å². The van der Waals surface area contributed by atoms with Crippen LogP contribution in [0.15, 0.2) is 0 Å². The SMILES string of the molecule is CCCOC1CCCN(C(CN)CC(C)(C)OC)C1. The molecule has 1 saturated heterocycles. The summed E-state index contributed by atoms with van der Waals surface area (Å²) in [5.41, 5.74) is 5.86. The number of rotatable bonds is 8. The van der Waals surface area contributed by atoms with E-state index in [-0.39, 0.29) is 5.60 Å². The van der Waals surface area contributed by atoms with Crippen LogP contribution in [0.2, 0.25) is 0 Å². The monoisotopic (exact) mass is 272 g/mol. The van der Waals surface area contributed by atoms with E-state index in [1.165, 1.54) is 12.8 Å². The van der Waals surface area contributed by atoms with Crippen molar-refractivity contribution in [2.45, 2.75) is 64.2 Å². The molecule has 1 aliphatic rings. The molecule has 0 aromatic heterocycles. The van der Waals surface area contributed by atoms with Gasteiger partial charge in [0.2, 0.25) is 0 Å². The molecule has 0 bridgehead atoms. The lowest BCUT2D eigenvalue weighted by Gasteiger charge is -2.40. The molecular formula is C15H32N2O2. The summed E-state index contributed by atoms with van der Waals surface area (Å²) < 4.78 is 11.4. The van der Waals surface area contributed by atoms with Gasteiger partial charge in [0.25, 0.3) is 0 Å². The maximum Gasteiger partial charge on any atom is 0.0702 e. The summed E-state index contributed by atoms with van der Waals surface area (Å²) >= 11 is 0. The lowest BCUT2D eigenvalue weighted by Crippen LogP contribution is -2.51. The molecule has 0 aromatic carbocycles. The number of hydrogen-bond donors (Lipinski definition) is 1. The number of nitrogens with two attached hydrogens (primary N) is 1. The van der Waals surface area contributed by atoms with E-state index in [1.807, 2.05) is 0 Å². The lowest BCUT2D eigenvalue weighted by molar-refractivity contribution is -0.0389. The number of piperidine rings is 1. The third kappa shape index (κ3) is 5.78. The molecule has 19 heavy (non-hydrogen) atoms. The number of ether oxygens (including phenoxy) is 2. The highest BCUT2D eigenvalue weighted by Gasteiger charge is 2.30. The molecule has 1 aliphatic heterocycles. The van der Waals surface area contributed by atoms with Crippen LogP contribution in [0.1, 0.15) is 46.5 Å². The van der Waals surface area contributed by atoms with Crippen molar-refractivity contribution in [2.24, 2.45) is 5.73 Å². The Kier molecular flexibility index (Phi) is 7.29. The predicted octanol–water partition coefficient (Wildman–Crippen LogP) is 2.02. The maximum absolute atomic E-state index is 5.97. The van der Waals surface area contributed by atoms with E-state index in [4.69, 9.17) is 15.2 Å². The van der Waals surface area contributed by atoms with Gasteiger partial charge in [0, 0.05) is 32.8 Å². The lowest BCUT2D eigenvalue weighted by atomic mass is 9.95. The maximum atomic E-state index is 5.97. The van der Waals surface area contributed by atoms with Gasteiger partial charge < -0.3 is 15.2 Å². The fraction of sp³-hybridized carbons (Fsp3) is 1.00. The second-order valence-corrected chi connectivity index (χ2v) is 6.19. The molecule has 2 atom stereocenters. The van der Waals surface area contributed by atoms with E-state index < -0.39 is 0 Å². The molecule has 0 radical (unpaired) electrons. The largest absolute Gasteiger partial charge is 0.379 e. The van der Waals surface area contributed by atoms with Crippen LogP contribution in [0.5, 0.6) is 0 Å². The summed E-state index contributed by atoms with van der Waals surface area (Å²) in [6, 6.07) is 0.392. The van der Waals surface area contributed by atoms with Crippen molar-refractivity contribution >= 4 is 0 Å². The Labute approximate surface area is 118 Å². The second kappa shape index (κ2) is 8.20. The number of nitrogens with zero attached hydrogens (tertiary/aromatic N) is 1. The molecule has 0 aromatic rings. The molecule has 1 heterocycles. The summed E-state index contributed by atoms with van der Waals surface area (Å²) in [6.45, 7) is 10.1. The van der Waals surface area contributed by atoms with Crippen molar-refractivity contribution in [3.63, 3.8) is 0 Å². The van der Waals surface area contributed by atoms with Gasteiger partial charge in [-0.05, 0) is 46.1 Å². The van der Waals surface area contributed by atoms with Crippen molar-refractivity contribution in [3.8, 4) is 0 Å². The quantitative estimate of drug-likeness (QED) is 0.734. The van der Waals surface area contributed by atoms with Gasteiger partial charge >= 0.3 is 0 Å². The van der Waals surface area contributed by atoms with E-state index in [9.17, 15) is 0 Å². The summed E-state index contributed by atoms with van der Waals surface area (Å²) in [7, 11) is 1.77. The Balaban J connectivity index is 2.50. The van der Waals surface area contributed by atoms with Gasteiger partial charge in [0.15, 0.2) is 0 Å². The van der Waals surface area contributed by atoms with Gasteiger partial charge in [0.05, 0.1) is 11.7 Å². The van der Waals surface area contributed by atoms with E-state index in [0.717, 1.165) is 32.5 Å². The Morgan fingerprint density at radius 1 is 1.42 bits per heavy atom. The van der Waals surface area contributed by atoms with Gasteiger partial charge in [-0.3, -0.25) is 4.90 Å². The topological polar surface area (TPSA) is 47.7 Å². The van der Waals surface area contributed by atoms with Gasteiger partial charge in [-0.25, -0.2) is 0 Å². The summed E-state index contributed by atoms with van der Waals surface area (Å²) in [6.07, 6.45) is 4.83. The van der Waals surface area contributed by atoms with Crippen molar-refractivity contribution in [1.29, 1.82) is 0 Å². The average molecular weight is 272 g/mol. The number of hydrogen-bond acceptors (Lipinski definition) is 4. The van der Waals surface area contributed by atoms with Crippen LogP contribution in [0.4, 0.5) is 0 Å². The van der Waals surface area contributed by atoms with Crippen LogP contribution in [0.25, 0.3) is 0 Å². The summed E-state index contributed by atoms with van der Waals surface area (Å²) in [5, 5.41) is 0. The molecular weight excluding hydrogens is 240 g/mol. The third-order valence-electron chi connectivity index (χ3n) is 4.04. The molecule has 1 fully saturated rings. The van der Waals surface area contributed by atoms with Crippen molar-refractivity contribution in [2.75, 3.05) is 33.4 Å². The Morgan fingerprint density at radius 2 is 2.16 bits per heavy atom. The zero-order valence-electron chi connectivity index (χ0n) is 13.2. The highest BCUT2D eigenvalue weighted by molar-refractivity contribution is 4.85. The van der Waals surface area contributed by atoms with Crippen LogP contribution in [0.3, 0.4) is 0 Å². The zero-order chi connectivity index (χ0) is 14.3. The van der Waals surface area contributed by atoms with Gasteiger partial charge in [-0.2, -0.15) is 0 Å². The molecule has 2 unspecified atom stereocenters. The highest BCUT2D eigenvalue weighted by atomic mass is 16.5. The molecule has 0 saturated carbocycles. The molecule has 114 valence electrons.